The highest BCUT2D eigenvalue weighted by molar-refractivity contribution is 6.05. The Hall–Kier alpha value is -6.44. The molecule has 1 fully saturated rings. The van der Waals surface area contributed by atoms with Gasteiger partial charge in [0.2, 0.25) is 5.91 Å². The van der Waals surface area contributed by atoms with Gasteiger partial charge in [0.1, 0.15) is 11.5 Å². The Bertz CT molecular complexity index is 2350. The molecular formula is C40H37F2N9O3. The zero-order valence-electron chi connectivity index (χ0n) is 29.6. The van der Waals surface area contributed by atoms with E-state index in [1.807, 2.05) is 53.4 Å². The van der Waals surface area contributed by atoms with Crippen molar-refractivity contribution in [1.82, 2.24) is 39.7 Å². The number of rotatable bonds is 9. The van der Waals surface area contributed by atoms with Crippen LogP contribution < -0.4 is 9.64 Å². The monoisotopic (exact) mass is 729 g/mol. The van der Waals surface area contributed by atoms with Gasteiger partial charge in [0.25, 0.3) is 5.91 Å². The van der Waals surface area contributed by atoms with E-state index in [2.05, 4.69) is 25.3 Å². The van der Waals surface area contributed by atoms with Crippen LogP contribution in [0.1, 0.15) is 28.9 Å². The van der Waals surface area contributed by atoms with Crippen molar-refractivity contribution in [3.63, 3.8) is 0 Å². The zero-order valence-corrected chi connectivity index (χ0v) is 29.6. The van der Waals surface area contributed by atoms with E-state index in [0.717, 1.165) is 22.9 Å². The van der Waals surface area contributed by atoms with E-state index in [0.29, 0.717) is 79.3 Å². The van der Waals surface area contributed by atoms with Crippen LogP contribution in [0.15, 0.2) is 91.7 Å². The van der Waals surface area contributed by atoms with Crippen molar-refractivity contribution < 1.29 is 23.1 Å². The predicted octanol–water partition coefficient (Wildman–Crippen LogP) is 5.84. The number of piperazine rings is 1. The molecule has 2 aliphatic heterocycles. The van der Waals surface area contributed by atoms with E-state index in [1.54, 1.807) is 45.3 Å². The Morgan fingerprint density at radius 3 is 2.48 bits per heavy atom. The number of hydrogen-bond donors (Lipinski definition) is 1. The number of nitrogens with zero attached hydrogens (tertiary/aromatic N) is 8. The molecule has 14 heteroatoms. The first-order valence-electron chi connectivity index (χ1n) is 17.8. The highest BCUT2D eigenvalue weighted by Gasteiger charge is 2.28. The van der Waals surface area contributed by atoms with E-state index < -0.39 is 11.6 Å². The fraction of sp³-hybridized carbons (Fsp3) is 0.250. The van der Waals surface area contributed by atoms with Gasteiger partial charge in [0.15, 0.2) is 17.4 Å². The van der Waals surface area contributed by atoms with Crippen LogP contribution >= 0.6 is 0 Å². The van der Waals surface area contributed by atoms with E-state index in [-0.39, 0.29) is 36.0 Å². The van der Waals surface area contributed by atoms with Crippen LogP contribution in [0.3, 0.4) is 0 Å². The number of H-pyrrole nitrogens is 1. The fourth-order valence-electron chi connectivity index (χ4n) is 7.19. The summed E-state index contributed by atoms with van der Waals surface area (Å²) in [6.45, 7) is 2.80. The molecule has 4 aromatic heterocycles. The molecule has 8 rings (SSSR count). The van der Waals surface area contributed by atoms with E-state index in [1.165, 1.54) is 13.2 Å². The van der Waals surface area contributed by atoms with Crippen molar-refractivity contribution in [2.24, 2.45) is 0 Å². The van der Waals surface area contributed by atoms with Crippen molar-refractivity contribution >= 4 is 34.1 Å². The molecule has 6 heterocycles. The number of halogens is 2. The zero-order chi connectivity index (χ0) is 37.2. The molecule has 274 valence electrons. The van der Waals surface area contributed by atoms with E-state index in [9.17, 15) is 14.0 Å². The smallest absolute Gasteiger partial charge is 0.270 e. The average Bonchev–Trinajstić information content (AvgIpc) is 3.92. The molecule has 0 saturated carbocycles. The third-order valence-corrected chi connectivity index (χ3v) is 10.0. The molecular weight excluding hydrogens is 692 g/mol. The Labute approximate surface area is 309 Å². The summed E-state index contributed by atoms with van der Waals surface area (Å²) >= 11 is 0. The maximum atomic E-state index is 16.8. The van der Waals surface area contributed by atoms with Crippen LogP contribution in [-0.4, -0.2) is 97.9 Å². The summed E-state index contributed by atoms with van der Waals surface area (Å²) in [6, 6.07) is 16.7. The topological polar surface area (TPSA) is 125 Å². The lowest BCUT2D eigenvalue weighted by Gasteiger charge is -2.35. The normalized spacial score (nSPS) is 14.7. The molecule has 2 amide bonds. The minimum Gasteiger partial charge on any atom is -0.493 e. The Morgan fingerprint density at radius 1 is 0.889 bits per heavy atom. The Kier molecular flexibility index (Phi) is 9.55. The number of aryl methyl sites for hydroxylation is 1. The van der Waals surface area contributed by atoms with Crippen LogP contribution in [0, 0.1) is 11.6 Å². The average molecular weight is 730 g/mol. The summed E-state index contributed by atoms with van der Waals surface area (Å²) in [7, 11) is 1.46. The number of ether oxygens (including phenoxy) is 1. The molecule has 0 aliphatic carbocycles. The van der Waals surface area contributed by atoms with Crippen LogP contribution in [0.5, 0.6) is 5.75 Å². The van der Waals surface area contributed by atoms with Gasteiger partial charge >= 0.3 is 0 Å². The van der Waals surface area contributed by atoms with Crippen LogP contribution in [0.25, 0.3) is 38.7 Å². The third-order valence-electron chi connectivity index (χ3n) is 10.0. The molecule has 1 N–H and O–H groups in total. The van der Waals surface area contributed by atoms with Gasteiger partial charge in [-0.15, -0.1) is 5.10 Å². The van der Waals surface area contributed by atoms with Crippen molar-refractivity contribution in [1.29, 1.82) is 0 Å². The second-order valence-corrected chi connectivity index (χ2v) is 13.3. The van der Waals surface area contributed by atoms with Crippen molar-refractivity contribution in [2.75, 3.05) is 51.3 Å². The molecule has 0 spiro atoms. The van der Waals surface area contributed by atoms with E-state index >= 15 is 4.39 Å². The summed E-state index contributed by atoms with van der Waals surface area (Å²) in [6.07, 6.45) is 10.7. The molecule has 54 heavy (non-hydrogen) atoms. The van der Waals surface area contributed by atoms with Gasteiger partial charge in [-0.05, 0) is 41.3 Å². The van der Waals surface area contributed by atoms with Crippen LogP contribution in [0.4, 0.5) is 14.6 Å². The molecule has 1 saturated heterocycles. The number of carbonyl (C=O) groups excluding carboxylic acids is 2. The third kappa shape index (κ3) is 6.89. The number of pyridine rings is 2. The van der Waals surface area contributed by atoms with Gasteiger partial charge < -0.3 is 24.4 Å². The van der Waals surface area contributed by atoms with Crippen molar-refractivity contribution in [2.45, 2.75) is 19.4 Å². The maximum absolute atomic E-state index is 16.8. The number of fused-ring (bicyclic) bond motifs is 1. The lowest BCUT2D eigenvalue weighted by Crippen LogP contribution is -2.49. The van der Waals surface area contributed by atoms with Crippen molar-refractivity contribution in [3.05, 3.63) is 115 Å². The molecule has 12 nitrogen and oxygen atoms in total. The standard InChI is InChI=1S/C40H37F2N9O3/c1-54-35-19-30(41)24-44-39(35)48-14-16-49(17-15-48)40(53)34-21-33-31(29-18-28(22-43-23-29)26-6-3-2-4-7-26)20-32(37(42)38(33)46-34)27-8-5-11-50(25-27)36(52)9-12-51-13-10-45-47-51/h2-4,6-8,10,13,18-24,46H,5,9,11-12,14-17,25H2,1H3. The molecule has 0 bridgehead atoms. The number of methoxy groups -OCH3 is 1. The SMILES string of the molecule is COc1cc(F)cnc1N1CCN(C(=O)c2cc3c(-c4cncc(-c5ccccc5)c4)cc(C4=CCCN(C(=O)CCn5ccnn5)C4)c(F)c3[nH]2)CC1. The number of aromatic amines is 1. The summed E-state index contributed by atoms with van der Waals surface area (Å²) in [4.78, 5) is 44.6. The number of nitrogens with one attached hydrogen (secondary N) is 1. The number of anilines is 1. The Balaban J connectivity index is 1.12. The molecule has 0 radical (unpaired) electrons. The fourth-order valence-corrected chi connectivity index (χ4v) is 7.19. The minimum atomic E-state index is -0.498. The largest absolute Gasteiger partial charge is 0.493 e. The van der Waals surface area contributed by atoms with Crippen LogP contribution in [0.2, 0.25) is 0 Å². The highest BCUT2D eigenvalue weighted by Crippen LogP contribution is 2.38. The minimum absolute atomic E-state index is 0.0564. The first-order valence-corrected chi connectivity index (χ1v) is 17.8. The summed E-state index contributed by atoms with van der Waals surface area (Å²) in [5, 5.41) is 8.30. The summed E-state index contributed by atoms with van der Waals surface area (Å²) in [5.41, 5.74) is 4.83. The second kappa shape index (κ2) is 14.9. The molecule has 2 aromatic carbocycles. The number of hydrogen-bond acceptors (Lipinski definition) is 8. The van der Waals surface area contributed by atoms with Crippen LogP contribution in [-0.2, 0) is 11.3 Å². The number of benzene rings is 2. The molecule has 2 aliphatic rings. The lowest BCUT2D eigenvalue weighted by molar-refractivity contribution is -0.131. The first kappa shape index (κ1) is 34.6. The molecule has 0 unspecified atom stereocenters. The highest BCUT2D eigenvalue weighted by atomic mass is 19.1. The number of amides is 2. The summed E-state index contributed by atoms with van der Waals surface area (Å²) in [5.74, 6) is -0.488. The number of aromatic nitrogens is 6. The van der Waals surface area contributed by atoms with Gasteiger partial charge in [-0.2, -0.15) is 0 Å². The maximum Gasteiger partial charge on any atom is 0.270 e. The van der Waals surface area contributed by atoms with Gasteiger partial charge in [0, 0.05) is 92.4 Å². The van der Waals surface area contributed by atoms with Gasteiger partial charge in [-0.1, -0.05) is 41.6 Å². The lowest BCUT2D eigenvalue weighted by atomic mass is 9.93. The van der Waals surface area contributed by atoms with Gasteiger partial charge in [-0.3, -0.25) is 19.3 Å². The summed E-state index contributed by atoms with van der Waals surface area (Å²) < 4.78 is 37.6. The van der Waals surface area contributed by atoms with E-state index in [4.69, 9.17) is 4.74 Å². The van der Waals surface area contributed by atoms with Gasteiger partial charge in [-0.25, -0.2) is 13.8 Å². The predicted molar refractivity (Wildman–Crippen MR) is 200 cm³/mol. The number of carbonyl (C=O) groups is 2. The molecule has 6 aromatic rings. The Morgan fingerprint density at radius 2 is 1.70 bits per heavy atom. The van der Waals surface area contributed by atoms with Crippen molar-refractivity contribution in [3.8, 4) is 28.0 Å². The first-order chi connectivity index (χ1) is 26.4. The van der Waals surface area contributed by atoms with Gasteiger partial charge in [0.05, 0.1) is 31.6 Å². The quantitative estimate of drug-likeness (QED) is 0.197. The molecule has 0 atom stereocenters. The second-order valence-electron chi connectivity index (χ2n) is 13.3.